The van der Waals surface area contributed by atoms with E-state index in [-0.39, 0.29) is 0 Å². The average Bonchev–Trinajstić information content (AvgIpc) is 2.82. The van der Waals surface area contributed by atoms with E-state index in [1.807, 2.05) is 6.08 Å². The highest BCUT2D eigenvalue weighted by molar-refractivity contribution is 5.83. The fourth-order valence-corrected chi connectivity index (χ4v) is 2.13. The summed E-state index contributed by atoms with van der Waals surface area (Å²) in [5.74, 6) is -1.20. The van der Waals surface area contributed by atoms with E-state index >= 15 is 0 Å². The van der Waals surface area contributed by atoms with Gasteiger partial charge in [-0.05, 0) is 30.4 Å². The summed E-state index contributed by atoms with van der Waals surface area (Å²) in [4.78, 5) is 11.3. The van der Waals surface area contributed by atoms with Crippen molar-refractivity contribution in [3.63, 3.8) is 0 Å². The minimum atomic E-state index is -1.85. The predicted octanol–water partition coefficient (Wildman–Crippen LogP) is 2.07. The second kappa shape index (κ2) is 4.10. The summed E-state index contributed by atoms with van der Waals surface area (Å²) in [6.45, 7) is 0. The van der Waals surface area contributed by atoms with Gasteiger partial charge in [-0.3, -0.25) is 0 Å². The molecule has 84 valence electrons. The summed E-state index contributed by atoms with van der Waals surface area (Å²) in [6, 6.07) is 8.56. The van der Waals surface area contributed by atoms with Gasteiger partial charge < -0.3 is 10.2 Å². The first kappa shape index (κ1) is 10.9. The molecule has 0 aliphatic heterocycles. The number of allylic oxidation sites excluding steroid dienone is 1. The summed E-state index contributed by atoms with van der Waals surface area (Å²) < 4.78 is 0. The lowest BCUT2D eigenvalue weighted by molar-refractivity contribution is -0.155. The van der Waals surface area contributed by atoms with Gasteiger partial charge in [0.2, 0.25) is 5.60 Å². The number of carboxylic acids is 1. The Hall–Kier alpha value is -1.61. The Bertz CT molecular complexity index is 422. The molecule has 1 aliphatic carbocycles. The van der Waals surface area contributed by atoms with Crippen LogP contribution in [-0.4, -0.2) is 16.2 Å². The molecule has 1 unspecified atom stereocenters. The Kier molecular flexibility index (Phi) is 2.79. The van der Waals surface area contributed by atoms with Crippen LogP contribution in [0.4, 0.5) is 0 Å². The molecule has 0 spiro atoms. The molecular weight excluding hydrogens is 204 g/mol. The minimum absolute atomic E-state index is 0.427. The maximum absolute atomic E-state index is 11.3. The number of rotatable bonds is 3. The lowest BCUT2D eigenvalue weighted by Crippen LogP contribution is -2.37. The topological polar surface area (TPSA) is 57.5 Å². The van der Waals surface area contributed by atoms with E-state index in [9.17, 15) is 15.0 Å². The molecule has 3 heteroatoms. The fraction of sp³-hybridized carbons (Fsp3) is 0.308. The third-order valence-electron chi connectivity index (χ3n) is 3.01. The summed E-state index contributed by atoms with van der Waals surface area (Å²) in [5, 5.41) is 19.6. The second-order valence-corrected chi connectivity index (χ2v) is 4.00. The van der Waals surface area contributed by atoms with Crippen molar-refractivity contribution in [1.82, 2.24) is 0 Å². The molecular formula is C13H14O3. The van der Waals surface area contributed by atoms with Gasteiger partial charge in [0, 0.05) is 0 Å². The van der Waals surface area contributed by atoms with Crippen molar-refractivity contribution in [3.8, 4) is 0 Å². The maximum Gasteiger partial charge on any atom is 0.344 e. The number of hydrogen-bond donors (Lipinski definition) is 2. The van der Waals surface area contributed by atoms with Gasteiger partial charge >= 0.3 is 5.97 Å². The van der Waals surface area contributed by atoms with Crippen molar-refractivity contribution in [3.05, 3.63) is 47.5 Å². The zero-order valence-electron chi connectivity index (χ0n) is 8.89. The molecule has 2 rings (SSSR count). The largest absolute Gasteiger partial charge is 0.479 e. The molecule has 1 aliphatic rings. The van der Waals surface area contributed by atoms with Crippen molar-refractivity contribution in [2.24, 2.45) is 0 Å². The van der Waals surface area contributed by atoms with Crippen LogP contribution in [0.2, 0.25) is 0 Å². The summed E-state index contributed by atoms with van der Waals surface area (Å²) >= 11 is 0. The zero-order chi connectivity index (χ0) is 11.6. The molecule has 1 atom stereocenters. The van der Waals surface area contributed by atoms with Crippen LogP contribution in [0, 0.1) is 0 Å². The predicted molar refractivity (Wildman–Crippen MR) is 59.9 cm³/mol. The molecule has 0 aromatic heterocycles. The third kappa shape index (κ3) is 1.63. The van der Waals surface area contributed by atoms with Crippen molar-refractivity contribution in [2.75, 3.05) is 0 Å². The molecule has 0 saturated heterocycles. The van der Waals surface area contributed by atoms with E-state index in [0.717, 1.165) is 12.8 Å². The van der Waals surface area contributed by atoms with Gasteiger partial charge in [0.15, 0.2) is 0 Å². The van der Waals surface area contributed by atoms with E-state index in [1.165, 1.54) is 0 Å². The number of carboxylic acid groups (broad SMARTS) is 1. The van der Waals surface area contributed by atoms with Crippen LogP contribution < -0.4 is 0 Å². The number of hydrogen-bond acceptors (Lipinski definition) is 2. The highest BCUT2D eigenvalue weighted by atomic mass is 16.4. The van der Waals surface area contributed by atoms with E-state index in [1.54, 1.807) is 30.3 Å². The van der Waals surface area contributed by atoms with Gasteiger partial charge in [0.1, 0.15) is 0 Å². The van der Waals surface area contributed by atoms with Gasteiger partial charge in [0.05, 0.1) is 0 Å². The molecule has 0 saturated carbocycles. The van der Waals surface area contributed by atoms with Crippen LogP contribution in [0.3, 0.4) is 0 Å². The van der Waals surface area contributed by atoms with Crippen LogP contribution in [-0.2, 0) is 10.4 Å². The second-order valence-electron chi connectivity index (χ2n) is 4.00. The number of benzene rings is 1. The van der Waals surface area contributed by atoms with Gasteiger partial charge in [-0.15, -0.1) is 0 Å². The summed E-state index contributed by atoms with van der Waals surface area (Å²) in [6.07, 6.45) is 4.24. The molecule has 1 aromatic rings. The van der Waals surface area contributed by atoms with Crippen molar-refractivity contribution in [1.29, 1.82) is 0 Å². The SMILES string of the molecule is O=C(O)C(O)(C1=CCCC1)c1ccccc1. The minimum Gasteiger partial charge on any atom is -0.479 e. The van der Waals surface area contributed by atoms with Gasteiger partial charge in [-0.2, -0.15) is 0 Å². The quantitative estimate of drug-likeness (QED) is 0.763. The Balaban J connectivity index is 2.48. The van der Waals surface area contributed by atoms with E-state index in [2.05, 4.69) is 0 Å². The van der Waals surface area contributed by atoms with E-state index in [4.69, 9.17) is 0 Å². The third-order valence-corrected chi connectivity index (χ3v) is 3.01. The monoisotopic (exact) mass is 218 g/mol. The lowest BCUT2D eigenvalue weighted by atomic mass is 9.85. The van der Waals surface area contributed by atoms with Crippen LogP contribution in [0.25, 0.3) is 0 Å². The molecule has 0 fully saturated rings. The zero-order valence-corrected chi connectivity index (χ0v) is 8.89. The van der Waals surface area contributed by atoms with Crippen LogP contribution in [0.5, 0.6) is 0 Å². The maximum atomic E-state index is 11.3. The Morgan fingerprint density at radius 3 is 2.44 bits per heavy atom. The van der Waals surface area contributed by atoms with Crippen molar-refractivity contribution in [2.45, 2.75) is 24.9 Å². The van der Waals surface area contributed by atoms with Crippen LogP contribution in [0.15, 0.2) is 42.0 Å². The standard InChI is InChI=1S/C13H14O3/c14-12(15)13(16,11-8-4-5-9-11)10-6-2-1-3-7-10/h1-3,6-8,16H,4-5,9H2,(H,14,15). The summed E-state index contributed by atoms with van der Waals surface area (Å²) in [7, 11) is 0. The smallest absolute Gasteiger partial charge is 0.344 e. The molecule has 16 heavy (non-hydrogen) atoms. The lowest BCUT2D eigenvalue weighted by Gasteiger charge is -2.25. The highest BCUT2D eigenvalue weighted by Gasteiger charge is 2.42. The Labute approximate surface area is 94.0 Å². The molecule has 0 heterocycles. The van der Waals surface area contributed by atoms with Crippen molar-refractivity contribution >= 4 is 5.97 Å². The number of carbonyl (C=O) groups is 1. The highest BCUT2D eigenvalue weighted by Crippen LogP contribution is 2.36. The molecule has 2 N–H and O–H groups in total. The fourth-order valence-electron chi connectivity index (χ4n) is 2.13. The molecule has 0 radical (unpaired) electrons. The van der Waals surface area contributed by atoms with Gasteiger partial charge in [-0.1, -0.05) is 36.4 Å². The van der Waals surface area contributed by atoms with Gasteiger partial charge in [-0.25, -0.2) is 4.79 Å². The number of aliphatic hydroxyl groups is 1. The average molecular weight is 218 g/mol. The normalized spacial score (nSPS) is 18.9. The Morgan fingerprint density at radius 1 is 1.25 bits per heavy atom. The first-order chi connectivity index (χ1) is 7.65. The van der Waals surface area contributed by atoms with Crippen molar-refractivity contribution < 1.29 is 15.0 Å². The molecule has 0 bridgehead atoms. The molecule has 0 amide bonds. The first-order valence-corrected chi connectivity index (χ1v) is 5.36. The Morgan fingerprint density at radius 2 is 1.94 bits per heavy atom. The first-order valence-electron chi connectivity index (χ1n) is 5.36. The van der Waals surface area contributed by atoms with Crippen LogP contribution >= 0.6 is 0 Å². The van der Waals surface area contributed by atoms with Gasteiger partial charge in [0.25, 0.3) is 0 Å². The molecule has 3 nitrogen and oxygen atoms in total. The number of aliphatic carboxylic acids is 1. The summed E-state index contributed by atoms with van der Waals surface area (Å²) in [5.41, 5.74) is -0.820. The van der Waals surface area contributed by atoms with Crippen LogP contribution in [0.1, 0.15) is 24.8 Å². The molecule has 1 aromatic carbocycles. The van der Waals surface area contributed by atoms with E-state index < -0.39 is 11.6 Å². The van der Waals surface area contributed by atoms with E-state index in [0.29, 0.717) is 17.6 Å².